The zero-order chi connectivity index (χ0) is 14.1. The summed E-state index contributed by atoms with van der Waals surface area (Å²) in [4.78, 5) is 17.8. The fourth-order valence-electron chi connectivity index (χ4n) is 2.73. The van der Waals surface area contributed by atoms with Crippen LogP contribution in [0.4, 0.5) is 11.6 Å². The second kappa shape index (κ2) is 5.09. The third-order valence-corrected chi connectivity index (χ3v) is 3.75. The molecule has 0 aliphatic heterocycles. The van der Waals surface area contributed by atoms with Crippen molar-refractivity contribution in [3.8, 4) is 0 Å². The van der Waals surface area contributed by atoms with Gasteiger partial charge < -0.3 is 15.0 Å². The summed E-state index contributed by atoms with van der Waals surface area (Å²) in [6.45, 7) is 0. The van der Waals surface area contributed by atoms with E-state index in [1.807, 2.05) is 0 Å². The van der Waals surface area contributed by atoms with Gasteiger partial charge in [0, 0.05) is 19.2 Å². The van der Waals surface area contributed by atoms with Gasteiger partial charge in [-0.15, -0.1) is 0 Å². The first-order valence-corrected chi connectivity index (χ1v) is 6.61. The Morgan fingerprint density at radius 2 is 2.35 bits per heavy atom. The topological polar surface area (TPSA) is 93.1 Å². The predicted molar refractivity (Wildman–Crippen MR) is 74.8 cm³/mol. The second-order valence-corrected chi connectivity index (χ2v) is 5.00. The molecule has 0 radical (unpaired) electrons. The number of hydrogen-bond acceptors (Lipinski definition) is 5. The fourth-order valence-corrected chi connectivity index (χ4v) is 2.73. The number of rotatable bonds is 4. The van der Waals surface area contributed by atoms with Gasteiger partial charge in [0.1, 0.15) is 0 Å². The van der Waals surface area contributed by atoms with E-state index in [0.717, 1.165) is 19.3 Å². The molecule has 7 nitrogen and oxygen atoms in total. The Morgan fingerprint density at radius 3 is 3.10 bits per heavy atom. The summed E-state index contributed by atoms with van der Waals surface area (Å²) in [5.41, 5.74) is 1.43. The van der Waals surface area contributed by atoms with Crippen LogP contribution in [0.2, 0.25) is 0 Å². The molecule has 0 amide bonds. The normalized spacial score (nSPS) is 22.2. The van der Waals surface area contributed by atoms with Crippen LogP contribution < -0.4 is 5.32 Å². The second-order valence-electron chi connectivity index (χ2n) is 5.00. The quantitative estimate of drug-likeness (QED) is 0.661. The van der Waals surface area contributed by atoms with E-state index < -0.39 is 4.92 Å². The minimum Gasteiger partial charge on any atom is -0.379 e. The molecule has 1 aliphatic rings. The number of benzene rings is 1. The summed E-state index contributed by atoms with van der Waals surface area (Å²) in [7, 11) is 1.71. The number of hydrogen-bond donors (Lipinski definition) is 2. The van der Waals surface area contributed by atoms with Crippen LogP contribution in [0.25, 0.3) is 11.0 Å². The molecule has 2 unspecified atom stereocenters. The van der Waals surface area contributed by atoms with E-state index in [1.165, 1.54) is 12.1 Å². The summed E-state index contributed by atoms with van der Waals surface area (Å²) in [5.74, 6) is 0.634. The molecule has 1 aliphatic carbocycles. The molecule has 7 heteroatoms. The average molecular weight is 276 g/mol. The van der Waals surface area contributed by atoms with Gasteiger partial charge in [-0.1, -0.05) is 0 Å². The van der Waals surface area contributed by atoms with Crippen LogP contribution in [0.1, 0.15) is 19.3 Å². The number of nitrogens with one attached hydrogen (secondary N) is 2. The molecular formula is C13H16N4O3. The zero-order valence-corrected chi connectivity index (χ0v) is 11.1. The zero-order valence-electron chi connectivity index (χ0n) is 11.1. The number of anilines is 1. The Morgan fingerprint density at radius 1 is 1.50 bits per heavy atom. The monoisotopic (exact) mass is 276 g/mol. The van der Waals surface area contributed by atoms with E-state index in [1.54, 1.807) is 13.2 Å². The molecule has 1 aromatic carbocycles. The molecule has 3 rings (SSSR count). The first-order valence-electron chi connectivity index (χ1n) is 6.61. The Labute approximate surface area is 115 Å². The highest BCUT2D eigenvalue weighted by molar-refractivity contribution is 5.79. The van der Waals surface area contributed by atoms with E-state index in [0.29, 0.717) is 17.0 Å². The number of methoxy groups -OCH3 is 1. The molecule has 20 heavy (non-hydrogen) atoms. The number of fused-ring (bicyclic) bond motifs is 1. The summed E-state index contributed by atoms with van der Waals surface area (Å²) in [6, 6.07) is 4.84. The van der Waals surface area contributed by atoms with Crippen molar-refractivity contribution in [3.63, 3.8) is 0 Å². The number of H-pyrrole nitrogens is 1. The Kier molecular flexibility index (Phi) is 3.27. The maximum atomic E-state index is 10.8. The highest BCUT2D eigenvalue weighted by Crippen LogP contribution is 2.26. The SMILES string of the molecule is COC1CCCC1Nc1nc2ccc([N+](=O)[O-])cc2[nH]1. The molecule has 1 heterocycles. The molecule has 1 fully saturated rings. The number of ether oxygens (including phenoxy) is 1. The molecule has 0 saturated heterocycles. The van der Waals surface area contributed by atoms with Crippen LogP contribution >= 0.6 is 0 Å². The smallest absolute Gasteiger partial charge is 0.271 e. The van der Waals surface area contributed by atoms with Crippen molar-refractivity contribution in [1.82, 2.24) is 9.97 Å². The minimum absolute atomic E-state index is 0.0586. The van der Waals surface area contributed by atoms with E-state index in [4.69, 9.17) is 4.74 Å². The molecule has 0 spiro atoms. The molecule has 1 aromatic heterocycles. The van der Waals surface area contributed by atoms with Gasteiger partial charge in [0.25, 0.3) is 5.69 Å². The van der Waals surface area contributed by atoms with E-state index in [-0.39, 0.29) is 17.8 Å². The van der Waals surface area contributed by atoms with Crippen LogP contribution in [-0.2, 0) is 4.74 Å². The van der Waals surface area contributed by atoms with Crippen molar-refractivity contribution in [1.29, 1.82) is 0 Å². The number of non-ortho nitro benzene ring substituents is 1. The van der Waals surface area contributed by atoms with Crippen LogP contribution in [0.15, 0.2) is 18.2 Å². The van der Waals surface area contributed by atoms with E-state index in [2.05, 4.69) is 15.3 Å². The number of aromatic nitrogens is 2. The lowest BCUT2D eigenvalue weighted by atomic mass is 10.2. The van der Waals surface area contributed by atoms with Crippen molar-refractivity contribution in [2.45, 2.75) is 31.4 Å². The third-order valence-electron chi connectivity index (χ3n) is 3.75. The summed E-state index contributed by atoms with van der Waals surface area (Å²) < 4.78 is 5.43. The van der Waals surface area contributed by atoms with Crippen molar-refractivity contribution in [3.05, 3.63) is 28.3 Å². The summed E-state index contributed by atoms with van der Waals surface area (Å²) in [5, 5.41) is 14.1. The van der Waals surface area contributed by atoms with Crippen LogP contribution in [0.3, 0.4) is 0 Å². The molecular weight excluding hydrogens is 260 g/mol. The standard InChI is InChI=1S/C13H16N4O3/c1-20-12-4-2-3-10(12)15-13-14-9-6-5-8(17(18)19)7-11(9)16-13/h5-7,10,12H,2-4H2,1H3,(H2,14,15,16). The van der Waals surface area contributed by atoms with Crippen LogP contribution in [0.5, 0.6) is 0 Å². The molecule has 106 valence electrons. The van der Waals surface area contributed by atoms with Gasteiger partial charge in [-0.05, 0) is 25.3 Å². The Hall–Kier alpha value is -2.15. The van der Waals surface area contributed by atoms with Gasteiger partial charge in [0.15, 0.2) is 0 Å². The van der Waals surface area contributed by atoms with Crippen LogP contribution in [-0.4, -0.2) is 34.1 Å². The van der Waals surface area contributed by atoms with Gasteiger partial charge in [0.2, 0.25) is 5.95 Å². The number of nitro benzene ring substituents is 1. The molecule has 2 N–H and O–H groups in total. The number of nitro groups is 1. The minimum atomic E-state index is -0.411. The number of imidazole rings is 1. The van der Waals surface area contributed by atoms with Gasteiger partial charge in [-0.3, -0.25) is 10.1 Å². The summed E-state index contributed by atoms with van der Waals surface area (Å²) in [6.07, 6.45) is 3.40. The van der Waals surface area contributed by atoms with Crippen molar-refractivity contribution in [2.24, 2.45) is 0 Å². The fraction of sp³-hybridized carbons (Fsp3) is 0.462. The van der Waals surface area contributed by atoms with Crippen molar-refractivity contribution in [2.75, 3.05) is 12.4 Å². The molecule has 0 bridgehead atoms. The molecule has 2 atom stereocenters. The molecule has 2 aromatic rings. The highest BCUT2D eigenvalue weighted by atomic mass is 16.6. The van der Waals surface area contributed by atoms with Crippen LogP contribution in [0, 0.1) is 10.1 Å². The number of nitrogens with zero attached hydrogens (tertiary/aromatic N) is 2. The van der Waals surface area contributed by atoms with Gasteiger partial charge in [-0.25, -0.2) is 4.98 Å². The number of aromatic amines is 1. The van der Waals surface area contributed by atoms with Gasteiger partial charge in [-0.2, -0.15) is 0 Å². The Balaban J connectivity index is 1.84. The molecule has 1 saturated carbocycles. The maximum Gasteiger partial charge on any atom is 0.271 e. The van der Waals surface area contributed by atoms with E-state index >= 15 is 0 Å². The lowest BCUT2D eigenvalue weighted by Gasteiger charge is -2.18. The highest BCUT2D eigenvalue weighted by Gasteiger charge is 2.27. The lowest BCUT2D eigenvalue weighted by Crippen LogP contribution is -2.30. The predicted octanol–water partition coefficient (Wildman–Crippen LogP) is 2.45. The lowest BCUT2D eigenvalue weighted by molar-refractivity contribution is -0.384. The first kappa shape index (κ1) is 12.9. The van der Waals surface area contributed by atoms with Crippen molar-refractivity contribution < 1.29 is 9.66 Å². The maximum absolute atomic E-state index is 10.8. The van der Waals surface area contributed by atoms with Crippen molar-refractivity contribution >= 4 is 22.7 Å². The largest absolute Gasteiger partial charge is 0.379 e. The first-order chi connectivity index (χ1) is 9.67. The average Bonchev–Trinajstić information content (AvgIpc) is 3.03. The van der Waals surface area contributed by atoms with Gasteiger partial charge in [0.05, 0.1) is 28.1 Å². The van der Waals surface area contributed by atoms with E-state index in [9.17, 15) is 10.1 Å². The van der Waals surface area contributed by atoms with Gasteiger partial charge >= 0.3 is 0 Å². The summed E-state index contributed by atoms with van der Waals surface area (Å²) >= 11 is 0. The third kappa shape index (κ3) is 2.32. The Bertz CT molecular complexity index is 640.